The Morgan fingerprint density at radius 3 is 2.65 bits per heavy atom. The van der Waals surface area contributed by atoms with Gasteiger partial charge in [0.25, 0.3) is 0 Å². The second kappa shape index (κ2) is 5.22. The molecule has 7 heteroatoms. The van der Waals surface area contributed by atoms with Gasteiger partial charge in [-0.2, -0.15) is 4.39 Å². The lowest BCUT2D eigenvalue weighted by atomic mass is 10.2. The molecule has 0 saturated carbocycles. The van der Waals surface area contributed by atoms with E-state index in [4.69, 9.17) is 4.74 Å². The van der Waals surface area contributed by atoms with Crippen LogP contribution in [0, 0.1) is 15.9 Å². The number of benzene rings is 1. The van der Waals surface area contributed by atoms with Gasteiger partial charge in [-0.25, -0.2) is 0 Å². The van der Waals surface area contributed by atoms with Gasteiger partial charge >= 0.3 is 5.69 Å². The molecule has 92 valence electrons. The van der Waals surface area contributed by atoms with E-state index in [1.807, 2.05) is 0 Å². The van der Waals surface area contributed by atoms with E-state index in [0.717, 1.165) is 12.1 Å². The second-order valence-corrected chi connectivity index (χ2v) is 4.22. The third-order valence-corrected chi connectivity index (χ3v) is 2.69. The van der Waals surface area contributed by atoms with E-state index in [9.17, 15) is 19.3 Å². The molecular weight excluding hydrogens is 297 g/mol. The Morgan fingerprint density at radius 1 is 1.59 bits per heavy atom. The molecular formula is C10H9BrFNO4. The Balaban J connectivity index is 3.12. The van der Waals surface area contributed by atoms with Gasteiger partial charge in [0.15, 0.2) is 11.9 Å². The van der Waals surface area contributed by atoms with Gasteiger partial charge < -0.3 is 4.74 Å². The first-order chi connectivity index (χ1) is 7.82. The number of ketones is 1. The molecule has 5 nitrogen and oxygen atoms in total. The van der Waals surface area contributed by atoms with E-state index in [-0.39, 0.29) is 16.0 Å². The summed E-state index contributed by atoms with van der Waals surface area (Å²) in [5.74, 6) is -1.14. The summed E-state index contributed by atoms with van der Waals surface area (Å²) in [6, 6.07) is 1.87. The third-order valence-electron chi connectivity index (χ3n) is 2.07. The highest BCUT2D eigenvalue weighted by Crippen LogP contribution is 2.32. The molecule has 0 aliphatic rings. The van der Waals surface area contributed by atoms with Crippen molar-refractivity contribution >= 4 is 27.4 Å². The van der Waals surface area contributed by atoms with E-state index in [2.05, 4.69) is 15.9 Å². The van der Waals surface area contributed by atoms with Crippen molar-refractivity contribution in [2.45, 2.75) is 20.0 Å². The van der Waals surface area contributed by atoms with Gasteiger partial charge in [0.1, 0.15) is 5.75 Å². The SMILES string of the molecule is CC(=O)C(C)Oc1cc([N+](=O)[O-])c(F)cc1Br. The van der Waals surface area contributed by atoms with Gasteiger partial charge in [-0.15, -0.1) is 0 Å². The van der Waals surface area contributed by atoms with Crippen molar-refractivity contribution in [3.63, 3.8) is 0 Å². The molecule has 1 aromatic carbocycles. The van der Waals surface area contributed by atoms with Gasteiger partial charge in [0, 0.05) is 0 Å². The molecule has 1 aromatic rings. The normalized spacial score (nSPS) is 12.0. The van der Waals surface area contributed by atoms with Crippen molar-refractivity contribution in [1.82, 2.24) is 0 Å². The molecule has 0 N–H and O–H groups in total. The first kappa shape index (κ1) is 13.6. The Hall–Kier alpha value is -1.50. The van der Waals surface area contributed by atoms with E-state index < -0.39 is 22.5 Å². The molecule has 0 aliphatic carbocycles. The zero-order valence-electron chi connectivity index (χ0n) is 9.07. The van der Waals surface area contributed by atoms with Crippen LogP contribution in [0.25, 0.3) is 0 Å². The zero-order valence-corrected chi connectivity index (χ0v) is 10.7. The summed E-state index contributed by atoms with van der Waals surface area (Å²) < 4.78 is 18.6. The number of carbonyl (C=O) groups excluding carboxylic acids is 1. The quantitative estimate of drug-likeness (QED) is 0.633. The molecule has 0 saturated heterocycles. The summed E-state index contributed by atoms with van der Waals surface area (Å²) >= 11 is 3.01. The molecule has 1 unspecified atom stereocenters. The molecule has 0 fully saturated rings. The minimum absolute atomic E-state index is 0.0563. The van der Waals surface area contributed by atoms with Gasteiger partial charge in [0.05, 0.1) is 15.5 Å². The van der Waals surface area contributed by atoms with Gasteiger partial charge in [-0.05, 0) is 35.8 Å². The van der Waals surface area contributed by atoms with Crippen LogP contribution < -0.4 is 4.74 Å². The fourth-order valence-electron chi connectivity index (χ4n) is 1.02. The molecule has 17 heavy (non-hydrogen) atoms. The lowest BCUT2D eigenvalue weighted by Crippen LogP contribution is -2.21. The van der Waals surface area contributed by atoms with Crippen molar-refractivity contribution < 1.29 is 18.8 Å². The largest absolute Gasteiger partial charge is 0.482 e. The Bertz CT molecular complexity index is 478. The lowest BCUT2D eigenvalue weighted by Gasteiger charge is -2.12. The van der Waals surface area contributed by atoms with Gasteiger partial charge in [-0.1, -0.05) is 0 Å². The summed E-state index contributed by atoms with van der Waals surface area (Å²) in [4.78, 5) is 20.7. The van der Waals surface area contributed by atoms with Gasteiger partial charge in [-0.3, -0.25) is 14.9 Å². The molecule has 0 radical (unpaired) electrons. The fraction of sp³-hybridized carbons (Fsp3) is 0.300. The number of Topliss-reactive ketones (excluding diaryl/α,β-unsaturated/α-hetero) is 1. The number of nitro groups is 1. The molecule has 0 spiro atoms. The lowest BCUT2D eigenvalue weighted by molar-refractivity contribution is -0.387. The number of nitro benzene ring substituents is 1. The predicted octanol–water partition coefficient (Wildman–Crippen LogP) is 2.85. The molecule has 0 bridgehead atoms. The summed E-state index contributed by atoms with van der Waals surface area (Å²) in [5.41, 5.74) is -0.695. The second-order valence-electron chi connectivity index (χ2n) is 3.36. The first-order valence-electron chi connectivity index (χ1n) is 4.63. The Morgan fingerprint density at radius 2 is 2.18 bits per heavy atom. The molecule has 1 rings (SSSR count). The highest BCUT2D eigenvalue weighted by molar-refractivity contribution is 9.10. The smallest absolute Gasteiger partial charge is 0.308 e. The van der Waals surface area contributed by atoms with E-state index in [0.29, 0.717) is 0 Å². The average Bonchev–Trinajstić information content (AvgIpc) is 2.21. The van der Waals surface area contributed by atoms with E-state index in [1.165, 1.54) is 13.8 Å². The first-order valence-corrected chi connectivity index (χ1v) is 5.42. The third kappa shape index (κ3) is 3.23. The van der Waals surface area contributed by atoms with Gasteiger partial charge in [0.2, 0.25) is 5.82 Å². The van der Waals surface area contributed by atoms with Crippen molar-refractivity contribution in [3.05, 3.63) is 32.5 Å². The maximum Gasteiger partial charge on any atom is 0.308 e. The molecule has 0 aliphatic heterocycles. The van der Waals surface area contributed by atoms with Crippen LogP contribution in [0.3, 0.4) is 0 Å². The van der Waals surface area contributed by atoms with Crippen LogP contribution in [-0.4, -0.2) is 16.8 Å². The average molecular weight is 306 g/mol. The molecule has 0 heterocycles. The standard InChI is InChI=1S/C10H9BrFNO4/c1-5(14)6(2)17-10-4-9(13(15)16)8(12)3-7(10)11/h3-4,6H,1-2H3. The monoisotopic (exact) mass is 305 g/mol. The van der Waals surface area contributed by atoms with Crippen LogP contribution in [0.2, 0.25) is 0 Å². The number of halogens is 2. The molecule has 0 amide bonds. The molecule has 0 aromatic heterocycles. The number of carbonyl (C=O) groups is 1. The zero-order chi connectivity index (χ0) is 13.2. The van der Waals surface area contributed by atoms with E-state index in [1.54, 1.807) is 0 Å². The minimum Gasteiger partial charge on any atom is -0.482 e. The minimum atomic E-state index is -0.968. The van der Waals surface area contributed by atoms with Crippen LogP contribution in [0.5, 0.6) is 5.75 Å². The Labute approximate surface area is 105 Å². The van der Waals surface area contributed by atoms with Crippen LogP contribution in [0.1, 0.15) is 13.8 Å². The highest BCUT2D eigenvalue weighted by Gasteiger charge is 2.20. The van der Waals surface area contributed by atoms with Crippen LogP contribution >= 0.6 is 15.9 Å². The number of nitrogens with zero attached hydrogens (tertiary/aromatic N) is 1. The summed E-state index contributed by atoms with van der Waals surface area (Å²) in [7, 11) is 0. The van der Waals surface area contributed by atoms with Crippen molar-refractivity contribution in [1.29, 1.82) is 0 Å². The van der Waals surface area contributed by atoms with E-state index >= 15 is 0 Å². The number of ether oxygens (including phenoxy) is 1. The predicted molar refractivity (Wildman–Crippen MR) is 61.5 cm³/mol. The number of hydrogen-bond acceptors (Lipinski definition) is 4. The van der Waals surface area contributed by atoms with Crippen LogP contribution in [0.15, 0.2) is 16.6 Å². The summed E-state index contributed by atoms with van der Waals surface area (Å²) in [6.07, 6.45) is -0.753. The maximum atomic E-state index is 13.2. The molecule has 1 atom stereocenters. The van der Waals surface area contributed by atoms with Crippen LogP contribution in [-0.2, 0) is 4.79 Å². The number of rotatable bonds is 4. The van der Waals surface area contributed by atoms with Crippen LogP contribution in [0.4, 0.5) is 10.1 Å². The summed E-state index contributed by atoms with van der Waals surface area (Å²) in [6.45, 7) is 2.83. The topological polar surface area (TPSA) is 69.4 Å². The summed E-state index contributed by atoms with van der Waals surface area (Å²) in [5, 5.41) is 10.5. The highest BCUT2D eigenvalue weighted by atomic mass is 79.9. The van der Waals surface area contributed by atoms with Crippen molar-refractivity contribution in [2.24, 2.45) is 0 Å². The van der Waals surface area contributed by atoms with Crippen molar-refractivity contribution in [3.8, 4) is 5.75 Å². The Kier molecular flexibility index (Phi) is 4.17. The van der Waals surface area contributed by atoms with Crippen molar-refractivity contribution in [2.75, 3.05) is 0 Å². The fourth-order valence-corrected chi connectivity index (χ4v) is 1.43. The maximum absolute atomic E-state index is 13.2. The number of hydrogen-bond donors (Lipinski definition) is 0.